The summed E-state index contributed by atoms with van der Waals surface area (Å²) in [7, 11) is 0. The van der Waals surface area contributed by atoms with Crippen LogP contribution in [0.3, 0.4) is 0 Å². The van der Waals surface area contributed by atoms with Crippen molar-refractivity contribution in [2.75, 3.05) is 6.61 Å². The summed E-state index contributed by atoms with van der Waals surface area (Å²) in [5, 5.41) is 0.912. The highest BCUT2D eigenvalue weighted by Gasteiger charge is 2.20. The molecule has 1 aromatic heterocycles. The number of benzene rings is 2. The molecule has 5 heteroatoms. The second-order valence-corrected chi connectivity index (χ2v) is 6.62. The molecule has 0 bridgehead atoms. The summed E-state index contributed by atoms with van der Waals surface area (Å²) < 4.78 is 16.2. The van der Waals surface area contributed by atoms with E-state index in [1.165, 1.54) is 0 Å². The van der Waals surface area contributed by atoms with Gasteiger partial charge in [-0.15, -0.1) is 0 Å². The first kappa shape index (κ1) is 17.3. The maximum Gasteiger partial charge on any atom is 0.349 e. The molecule has 1 aliphatic rings. The number of hydrogen-bond acceptors (Lipinski definition) is 5. The molecule has 3 aromatic rings. The molecule has 0 spiro atoms. The van der Waals surface area contributed by atoms with Crippen LogP contribution < -0.4 is 15.1 Å². The second-order valence-electron chi connectivity index (χ2n) is 6.62. The van der Waals surface area contributed by atoms with Gasteiger partial charge in [0.05, 0.1) is 0 Å². The van der Waals surface area contributed by atoms with Gasteiger partial charge in [-0.05, 0) is 61.1 Å². The number of rotatable bonds is 5. The Morgan fingerprint density at radius 3 is 2.78 bits per heavy atom. The van der Waals surface area contributed by atoms with Crippen molar-refractivity contribution < 1.29 is 18.7 Å². The number of carbonyl (C=O) groups excluding carboxylic acids is 1. The zero-order valence-corrected chi connectivity index (χ0v) is 15.1. The predicted octanol–water partition coefficient (Wildman–Crippen LogP) is 3.83. The number of fused-ring (bicyclic) bond motifs is 3. The molecule has 1 heterocycles. The number of ether oxygens (including phenoxy) is 2. The van der Waals surface area contributed by atoms with E-state index in [0.29, 0.717) is 17.1 Å². The van der Waals surface area contributed by atoms with Gasteiger partial charge in [0.25, 0.3) is 0 Å². The van der Waals surface area contributed by atoms with Gasteiger partial charge in [-0.3, -0.25) is 0 Å². The Bertz CT molecular complexity index is 1060. The zero-order valence-electron chi connectivity index (χ0n) is 15.1. The fourth-order valence-corrected chi connectivity index (χ4v) is 3.49. The maximum atomic E-state index is 12.1. The van der Waals surface area contributed by atoms with E-state index in [1.54, 1.807) is 18.2 Å². The van der Waals surface area contributed by atoms with Gasteiger partial charge in [0.1, 0.15) is 17.1 Å². The van der Waals surface area contributed by atoms with Crippen molar-refractivity contribution in [1.82, 2.24) is 0 Å². The van der Waals surface area contributed by atoms with Crippen LogP contribution in [0.15, 0.2) is 51.7 Å². The minimum absolute atomic E-state index is 0.195. The molecule has 2 aromatic carbocycles. The summed E-state index contributed by atoms with van der Waals surface area (Å²) in [5.74, 6) is 0.450. The molecule has 138 valence electrons. The molecule has 0 N–H and O–H groups in total. The van der Waals surface area contributed by atoms with Crippen molar-refractivity contribution in [2.45, 2.75) is 32.6 Å². The SMILES string of the molecule is CCc1cccc(OCC(=O)Oc2ccc3c4c(c(=O)oc3c2)CCC4)c1. The van der Waals surface area contributed by atoms with Crippen LogP contribution in [0.25, 0.3) is 11.0 Å². The van der Waals surface area contributed by atoms with E-state index < -0.39 is 5.97 Å². The molecule has 5 nitrogen and oxygen atoms in total. The Labute approximate surface area is 156 Å². The van der Waals surface area contributed by atoms with Crippen LogP contribution in [-0.2, 0) is 24.1 Å². The molecule has 0 atom stereocenters. The lowest BCUT2D eigenvalue weighted by Gasteiger charge is -2.09. The van der Waals surface area contributed by atoms with Gasteiger partial charge in [0.2, 0.25) is 0 Å². The normalized spacial score (nSPS) is 12.8. The topological polar surface area (TPSA) is 65.7 Å². The number of hydrogen-bond donors (Lipinski definition) is 0. The van der Waals surface area contributed by atoms with E-state index in [9.17, 15) is 9.59 Å². The van der Waals surface area contributed by atoms with Crippen LogP contribution in [0.4, 0.5) is 0 Å². The molecular weight excluding hydrogens is 344 g/mol. The summed E-state index contributed by atoms with van der Waals surface area (Å²) >= 11 is 0. The van der Waals surface area contributed by atoms with Crippen molar-refractivity contribution in [3.05, 3.63) is 69.6 Å². The van der Waals surface area contributed by atoms with Crippen LogP contribution in [0.1, 0.15) is 30.0 Å². The van der Waals surface area contributed by atoms with Gasteiger partial charge in [0, 0.05) is 17.0 Å². The molecule has 0 saturated carbocycles. The van der Waals surface area contributed by atoms with E-state index in [1.807, 2.05) is 24.3 Å². The van der Waals surface area contributed by atoms with E-state index >= 15 is 0 Å². The third-order valence-electron chi connectivity index (χ3n) is 4.84. The molecule has 0 amide bonds. The van der Waals surface area contributed by atoms with Gasteiger partial charge < -0.3 is 13.9 Å². The van der Waals surface area contributed by atoms with E-state index in [-0.39, 0.29) is 12.2 Å². The van der Waals surface area contributed by atoms with Crippen molar-refractivity contribution in [2.24, 2.45) is 0 Å². The molecule has 0 saturated heterocycles. The molecular formula is C22H20O5. The smallest absolute Gasteiger partial charge is 0.349 e. The Kier molecular flexibility index (Phi) is 4.67. The highest BCUT2D eigenvalue weighted by atomic mass is 16.6. The number of esters is 1. The van der Waals surface area contributed by atoms with Crippen LogP contribution in [0.5, 0.6) is 11.5 Å². The first-order chi connectivity index (χ1) is 13.1. The van der Waals surface area contributed by atoms with Crippen molar-refractivity contribution in [3.8, 4) is 11.5 Å². The van der Waals surface area contributed by atoms with Crippen LogP contribution >= 0.6 is 0 Å². The molecule has 0 aliphatic heterocycles. The van der Waals surface area contributed by atoms with Gasteiger partial charge in [-0.2, -0.15) is 0 Å². The second kappa shape index (κ2) is 7.27. The molecule has 1 aliphatic carbocycles. The first-order valence-electron chi connectivity index (χ1n) is 9.15. The number of aryl methyl sites for hydroxylation is 2. The molecule has 4 rings (SSSR count). The van der Waals surface area contributed by atoms with Gasteiger partial charge >= 0.3 is 11.6 Å². The minimum Gasteiger partial charge on any atom is -0.482 e. The van der Waals surface area contributed by atoms with Crippen molar-refractivity contribution in [1.29, 1.82) is 0 Å². The monoisotopic (exact) mass is 364 g/mol. The van der Waals surface area contributed by atoms with Gasteiger partial charge in [-0.25, -0.2) is 9.59 Å². The molecule has 0 radical (unpaired) electrons. The summed E-state index contributed by atoms with van der Waals surface area (Å²) in [4.78, 5) is 24.2. The lowest BCUT2D eigenvalue weighted by Crippen LogP contribution is -2.17. The lowest BCUT2D eigenvalue weighted by atomic mass is 10.1. The minimum atomic E-state index is -0.514. The van der Waals surface area contributed by atoms with E-state index in [4.69, 9.17) is 13.9 Å². The van der Waals surface area contributed by atoms with Crippen LogP contribution in [-0.4, -0.2) is 12.6 Å². The van der Waals surface area contributed by atoms with E-state index in [2.05, 4.69) is 6.92 Å². The van der Waals surface area contributed by atoms with Crippen molar-refractivity contribution >= 4 is 16.9 Å². The standard InChI is InChI=1S/C22H20O5/c1-2-14-5-3-6-15(11-14)25-13-21(23)26-16-9-10-18-17-7-4-8-19(17)22(24)27-20(18)12-16/h3,5-6,9-12H,2,4,7-8,13H2,1H3. The zero-order chi connectivity index (χ0) is 18.8. The quantitative estimate of drug-likeness (QED) is 0.391. The molecule has 0 fully saturated rings. The average molecular weight is 364 g/mol. The highest BCUT2D eigenvalue weighted by Crippen LogP contribution is 2.29. The lowest BCUT2D eigenvalue weighted by molar-refractivity contribution is -0.136. The van der Waals surface area contributed by atoms with Gasteiger partial charge in [0.15, 0.2) is 6.61 Å². The van der Waals surface area contributed by atoms with Crippen LogP contribution in [0, 0.1) is 0 Å². The summed E-state index contributed by atoms with van der Waals surface area (Å²) in [6.07, 6.45) is 3.50. The van der Waals surface area contributed by atoms with Gasteiger partial charge in [-0.1, -0.05) is 19.1 Å². The summed E-state index contributed by atoms with van der Waals surface area (Å²) in [5.41, 5.74) is 3.12. The first-order valence-corrected chi connectivity index (χ1v) is 9.15. The third-order valence-corrected chi connectivity index (χ3v) is 4.84. The third kappa shape index (κ3) is 3.58. The maximum absolute atomic E-state index is 12.1. The average Bonchev–Trinajstić information content (AvgIpc) is 3.17. The number of carbonyl (C=O) groups is 1. The predicted molar refractivity (Wildman–Crippen MR) is 101 cm³/mol. The van der Waals surface area contributed by atoms with Crippen molar-refractivity contribution in [3.63, 3.8) is 0 Å². The van der Waals surface area contributed by atoms with Crippen LogP contribution in [0.2, 0.25) is 0 Å². The Morgan fingerprint density at radius 2 is 1.93 bits per heavy atom. The fourth-order valence-electron chi connectivity index (χ4n) is 3.49. The Hall–Kier alpha value is -3.08. The fraction of sp³-hybridized carbons (Fsp3) is 0.273. The Balaban J connectivity index is 1.47. The molecule has 27 heavy (non-hydrogen) atoms. The Morgan fingerprint density at radius 1 is 1.07 bits per heavy atom. The largest absolute Gasteiger partial charge is 0.482 e. The van der Waals surface area contributed by atoms with E-state index in [0.717, 1.165) is 47.8 Å². The highest BCUT2D eigenvalue weighted by molar-refractivity contribution is 5.84. The molecule has 0 unspecified atom stereocenters. The summed E-state index contributed by atoms with van der Waals surface area (Å²) in [6.45, 7) is 1.86. The summed E-state index contributed by atoms with van der Waals surface area (Å²) in [6, 6.07) is 12.8.